The van der Waals surface area contributed by atoms with Gasteiger partial charge in [0.15, 0.2) is 0 Å². The zero-order valence-electron chi connectivity index (χ0n) is 13.6. The minimum Gasteiger partial charge on any atom is -0.459 e. The van der Waals surface area contributed by atoms with Crippen LogP contribution in [-0.2, 0) is 24.6 Å². The zero-order chi connectivity index (χ0) is 18.9. The summed E-state index contributed by atoms with van der Waals surface area (Å²) in [6.45, 7) is 3.22. The number of carbonyl (C=O) groups is 2. The number of allylic oxidation sites excluding steroid dienone is 1. The van der Waals surface area contributed by atoms with E-state index in [0.29, 0.717) is 0 Å². The predicted molar refractivity (Wildman–Crippen MR) is 93.6 cm³/mol. The summed E-state index contributed by atoms with van der Waals surface area (Å²) in [6.07, 6.45) is -0.844. The SMILES string of the molecule is CC(C)=CC(=O)OCC(CBr)OC(=O)NS(=O)(=O)Oc1ccccc1. The predicted octanol–water partition coefficient (Wildman–Crippen LogP) is 2.31. The van der Waals surface area contributed by atoms with E-state index >= 15 is 0 Å². The van der Waals surface area contributed by atoms with Gasteiger partial charge in [-0.3, -0.25) is 0 Å². The van der Waals surface area contributed by atoms with E-state index in [0.717, 1.165) is 5.57 Å². The molecule has 0 radical (unpaired) electrons. The second-order valence-electron chi connectivity index (χ2n) is 4.99. The lowest BCUT2D eigenvalue weighted by atomic mass is 10.3. The molecule has 1 rings (SSSR count). The number of alkyl halides is 1. The monoisotopic (exact) mass is 435 g/mol. The van der Waals surface area contributed by atoms with E-state index < -0.39 is 28.5 Å². The van der Waals surface area contributed by atoms with Gasteiger partial charge in [0.2, 0.25) is 0 Å². The van der Waals surface area contributed by atoms with Crippen LogP contribution in [0.1, 0.15) is 13.8 Å². The van der Waals surface area contributed by atoms with Gasteiger partial charge in [-0.1, -0.05) is 39.7 Å². The van der Waals surface area contributed by atoms with E-state index in [4.69, 9.17) is 9.47 Å². The van der Waals surface area contributed by atoms with E-state index in [1.165, 1.54) is 18.2 Å². The summed E-state index contributed by atoms with van der Waals surface area (Å²) in [6, 6.07) is 7.65. The maximum atomic E-state index is 11.7. The lowest BCUT2D eigenvalue weighted by Gasteiger charge is -2.15. The van der Waals surface area contributed by atoms with Crippen molar-refractivity contribution >= 4 is 38.3 Å². The number of rotatable bonds is 8. The standard InChI is InChI=1S/C15H18BrNO7S/c1-11(2)8-14(18)22-10-13(9-16)23-15(19)17-25(20,21)24-12-6-4-3-5-7-12/h3-8,13H,9-10H2,1-2H3,(H,17,19). The molecule has 0 fully saturated rings. The summed E-state index contributed by atoms with van der Waals surface area (Å²) >= 11 is 3.09. The molecule has 138 valence electrons. The molecule has 0 bridgehead atoms. The molecule has 0 aliphatic heterocycles. The van der Waals surface area contributed by atoms with Crippen LogP contribution in [0.3, 0.4) is 0 Å². The maximum absolute atomic E-state index is 11.7. The Hall–Kier alpha value is -2.07. The van der Waals surface area contributed by atoms with E-state index in [1.54, 1.807) is 36.8 Å². The number of hydrogen-bond donors (Lipinski definition) is 1. The number of carbonyl (C=O) groups excluding carboxylic acids is 2. The number of hydrogen-bond acceptors (Lipinski definition) is 7. The number of halogens is 1. The molecule has 1 N–H and O–H groups in total. The average Bonchev–Trinajstić information content (AvgIpc) is 2.50. The average molecular weight is 436 g/mol. The van der Waals surface area contributed by atoms with Crippen LogP contribution < -0.4 is 8.91 Å². The summed E-state index contributed by atoms with van der Waals surface area (Å²) in [5.74, 6) is -0.550. The Kier molecular flexibility index (Phi) is 8.42. The highest BCUT2D eigenvalue weighted by molar-refractivity contribution is 9.09. The van der Waals surface area contributed by atoms with Crippen molar-refractivity contribution in [2.45, 2.75) is 20.0 Å². The number of nitrogens with one attached hydrogen (secondary N) is 1. The normalized spacial score (nSPS) is 11.8. The number of benzene rings is 1. The summed E-state index contributed by atoms with van der Waals surface area (Å²) in [5.41, 5.74) is 0.753. The highest BCUT2D eigenvalue weighted by Crippen LogP contribution is 2.11. The van der Waals surface area contributed by atoms with Gasteiger partial charge < -0.3 is 13.7 Å². The van der Waals surface area contributed by atoms with Crippen LogP contribution in [0.2, 0.25) is 0 Å². The van der Waals surface area contributed by atoms with Crippen LogP contribution in [0.4, 0.5) is 4.79 Å². The first-order valence-corrected chi connectivity index (χ1v) is 9.60. The molecule has 0 spiro atoms. The molecule has 0 saturated heterocycles. The largest absolute Gasteiger partial charge is 0.459 e. The van der Waals surface area contributed by atoms with Crippen LogP contribution >= 0.6 is 15.9 Å². The summed E-state index contributed by atoms with van der Waals surface area (Å²) in [4.78, 5) is 23.1. The van der Waals surface area contributed by atoms with Crippen molar-refractivity contribution in [2.75, 3.05) is 11.9 Å². The van der Waals surface area contributed by atoms with Gasteiger partial charge >= 0.3 is 22.4 Å². The zero-order valence-corrected chi connectivity index (χ0v) is 16.0. The van der Waals surface area contributed by atoms with Gasteiger partial charge in [-0.05, 0) is 26.0 Å². The van der Waals surface area contributed by atoms with Crippen LogP contribution in [-0.4, -0.2) is 38.5 Å². The molecule has 0 aliphatic carbocycles. The Morgan fingerprint density at radius 2 is 1.88 bits per heavy atom. The van der Waals surface area contributed by atoms with Crippen LogP contribution in [0.25, 0.3) is 0 Å². The number of esters is 1. The van der Waals surface area contributed by atoms with Crippen LogP contribution in [0.5, 0.6) is 5.75 Å². The van der Waals surface area contributed by atoms with Gasteiger partial charge in [-0.25, -0.2) is 9.59 Å². The second kappa shape index (κ2) is 10.0. The van der Waals surface area contributed by atoms with Gasteiger partial charge in [0.1, 0.15) is 18.5 Å². The molecule has 8 nitrogen and oxygen atoms in total. The molecular formula is C15H18BrNO7S. The van der Waals surface area contributed by atoms with Crippen molar-refractivity contribution in [3.8, 4) is 5.75 Å². The lowest BCUT2D eigenvalue weighted by Crippen LogP contribution is -2.38. The first-order valence-electron chi connectivity index (χ1n) is 7.07. The third-order valence-corrected chi connectivity index (χ3v) is 3.97. The Morgan fingerprint density at radius 3 is 2.44 bits per heavy atom. The first kappa shape index (κ1) is 21.0. The lowest BCUT2D eigenvalue weighted by molar-refractivity contribution is -0.140. The molecule has 10 heteroatoms. The van der Waals surface area contributed by atoms with Crippen molar-refractivity contribution in [2.24, 2.45) is 0 Å². The van der Waals surface area contributed by atoms with Crippen molar-refractivity contribution in [1.82, 2.24) is 4.72 Å². The molecular weight excluding hydrogens is 418 g/mol. The number of ether oxygens (including phenoxy) is 2. The quantitative estimate of drug-likeness (QED) is 0.379. The Morgan fingerprint density at radius 1 is 1.24 bits per heavy atom. The first-order chi connectivity index (χ1) is 11.7. The summed E-state index contributed by atoms with van der Waals surface area (Å²) < 4.78 is 39.5. The molecule has 1 aromatic rings. The molecule has 0 aromatic heterocycles. The van der Waals surface area contributed by atoms with Gasteiger partial charge in [0, 0.05) is 11.4 Å². The minimum absolute atomic E-state index is 0.0375. The topological polar surface area (TPSA) is 108 Å². The summed E-state index contributed by atoms with van der Waals surface area (Å²) in [7, 11) is -4.39. The summed E-state index contributed by atoms with van der Waals surface area (Å²) in [5, 5.41) is 0.141. The van der Waals surface area contributed by atoms with Gasteiger partial charge in [-0.15, -0.1) is 0 Å². The fourth-order valence-electron chi connectivity index (χ4n) is 1.46. The number of amides is 1. The van der Waals surface area contributed by atoms with Gasteiger partial charge in [0.05, 0.1) is 0 Å². The maximum Gasteiger partial charge on any atom is 0.423 e. The molecule has 1 atom stereocenters. The number of para-hydroxylation sites is 1. The van der Waals surface area contributed by atoms with Crippen molar-refractivity contribution < 1.29 is 31.7 Å². The van der Waals surface area contributed by atoms with Gasteiger partial charge in [0.25, 0.3) is 0 Å². The third-order valence-electron chi connectivity index (χ3n) is 2.42. The van der Waals surface area contributed by atoms with Crippen molar-refractivity contribution in [1.29, 1.82) is 0 Å². The smallest absolute Gasteiger partial charge is 0.423 e. The molecule has 1 amide bonds. The molecule has 0 aliphatic rings. The molecule has 25 heavy (non-hydrogen) atoms. The van der Waals surface area contributed by atoms with Crippen LogP contribution in [0.15, 0.2) is 42.0 Å². The second-order valence-corrected chi connectivity index (χ2v) is 6.91. The molecule has 0 saturated carbocycles. The molecule has 0 heterocycles. The van der Waals surface area contributed by atoms with Crippen molar-refractivity contribution in [3.05, 3.63) is 42.0 Å². The molecule has 1 unspecified atom stereocenters. The Bertz CT molecular complexity index is 715. The van der Waals surface area contributed by atoms with E-state index in [9.17, 15) is 18.0 Å². The van der Waals surface area contributed by atoms with E-state index in [-0.39, 0.29) is 17.7 Å². The van der Waals surface area contributed by atoms with Gasteiger partial charge in [-0.2, -0.15) is 13.1 Å². The van der Waals surface area contributed by atoms with Crippen LogP contribution in [0, 0.1) is 0 Å². The highest BCUT2D eigenvalue weighted by atomic mass is 79.9. The fraction of sp³-hybridized carbons (Fsp3) is 0.333. The Balaban J connectivity index is 2.52. The van der Waals surface area contributed by atoms with Crippen molar-refractivity contribution in [3.63, 3.8) is 0 Å². The van der Waals surface area contributed by atoms with E-state index in [2.05, 4.69) is 20.1 Å². The molecule has 1 aromatic carbocycles. The Labute approximate surface area is 154 Å². The minimum atomic E-state index is -4.39. The third kappa shape index (κ3) is 9.11. The highest BCUT2D eigenvalue weighted by Gasteiger charge is 2.21. The van der Waals surface area contributed by atoms with E-state index in [1.807, 2.05) is 0 Å². The fourth-order valence-corrected chi connectivity index (χ4v) is 2.44.